The average molecular weight is 392 g/mol. The number of fused-ring (bicyclic) bond motifs is 1. The average Bonchev–Trinajstić information content (AvgIpc) is 3.03. The van der Waals surface area contributed by atoms with Crippen LogP contribution in [0.2, 0.25) is 0 Å². The molecule has 0 atom stereocenters. The Morgan fingerprint density at radius 2 is 1.54 bits per heavy atom. The molecule has 3 rings (SSSR count). The molecule has 0 bridgehead atoms. The van der Waals surface area contributed by atoms with Crippen molar-refractivity contribution in [2.45, 2.75) is 0 Å². The van der Waals surface area contributed by atoms with E-state index in [0.717, 1.165) is 16.7 Å². The van der Waals surface area contributed by atoms with E-state index in [1.165, 1.54) is 8.92 Å². The zero-order chi connectivity index (χ0) is 17.1. The number of nitrogens with one attached hydrogen (secondary N) is 1. The van der Waals surface area contributed by atoms with E-state index >= 15 is 0 Å². The third-order valence-corrected chi connectivity index (χ3v) is 5.97. The molecule has 2 aromatic carbocycles. The number of hydrogen-bond acceptors (Lipinski definition) is 4. The predicted molar refractivity (Wildman–Crippen MR) is 96.0 cm³/mol. The Morgan fingerprint density at radius 3 is 2.12 bits per heavy atom. The Bertz CT molecular complexity index is 842. The van der Waals surface area contributed by atoms with Crippen molar-refractivity contribution < 1.29 is 18.9 Å². The number of H-pyrrole nitrogens is 1. The summed E-state index contributed by atoms with van der Waals surface area (Å²) >= 11 is 0.148. The fourth-order valence-electron chi connectivity index (χ4n) is 2.56. The Hall–Kier alpha value is -2.30. The van der Waals surface area contributed by atoms with Crippen LogP contribution in [0.3, 0.4) is 0 Å². The molecule has 0 radical (unpaired) electrons. The molecule has 0 amide bonds. The van der Waals surface area contributed by atoms with Crippen molar-refractivity contribution in [3.63, 3.8) is 0 Å². The normalized spacial score (nSPS) is 10.7. The monoisotopic (exact) mass is 393 g/mol. The second kappa shape index (κ2) is 7.07. The third-order valence-electron chi connectivity index (χ3n) is 3.73. The van der Waals surface area contributed by atoms with E-state index in [4.69, 9.17) is 18.9 Å². The van der Waals surface area contributed by atoms with Crippen molar-refractivity contribution in [3.05, 3.63) is 36.5 Å². The van der Waals surface area contributed by atoms with Crippen LogP contribution in [-0.4, -0.2) is 48.4 Å². The van der Waals surface area contributed by atoms with Gasteiger partial charge >= 0.3 is 147 Å². The van der Waals surface area contributed by atoms with Gasteiger partial charge in [-0.25, -0.2) is 0 Å². The second-order valence-electron chi connectivity index (χ2n) is 5.00. The van der Waals surface area contributed by atoms with E-state index in [9.17, 15) is 0 Å². The van der Waals surface area contributed by atoms with E-state index in [1.807, 2.05) is 24.4 Å². The van der Waals surface area contributed by atoms with Gasteiger partial charge in [0.05, 0.1) is 0 Å². The molecule has 0 fully saturated rings. The molecule has 1 heterocycles. The van der Waals surface area contributed by atoms with Gasteiger partial charge in [-0.05, 0) is 0 Å². The van der Waals surface area contributed by atoms with Crippen LogP contribution in [0.25, 0.3) is 10.9 Å². The number of rotatable bonds is 6. The van der Waals surface area contributed by atoms with E-state index < -0.39 is 0 Å². The van der Waals surface area contributed by atoms with Crippen molar-refractivity contribution in [2.24, 2.45) is 0 Å². The summed E-state index contributed by atoms with van der Waals surface area (Å²) < 4.78 is 24.1. The van der Waals surface area contributed by atoms with Crippen LogP contribution >= 0.6 is 0 Å². The van der Waals surface area contributed by atoms with Crippen LogP contribution in [0, 0.1) is 0 Å². The van der Waals surface area contributed by atoms with E-state index in [-0.39, 0.29) is 15.0 Å². The molecule has 0 spiro atoms. The number of aromatic nitrogens is 1. The van der Waals surface area contributed by atoms with E-state index in [0.29, 0.717) is 17.2 Å². The fraction of sp³-hybridized carbons (Fsp3) is 0.222. The van der Waals surface area contributed by atoms with E-state index in [1.54, 1.807) is 28.4 Å². The maximum absolute atomic E-state index is 5.54. The first kappa shape index (κ1) is 16.6. The number of benzene rings is 2. The van der Waals surface area contributed by atoms with Crippen LogP contribution < -0.4 is 27.9 Å². The minimum absolute atomic E-state index is 0.148. The van der Waals surface area contributed by atoms with Gasteiger partial charge < -0.3 is 0 Å². The van der Waals surface area contributed by atoms with Crippen molar-refractivity contribution in [3.8, 4) is 23.0 Å². The number of ether oxygens (including phenoxy) is 4. The minimum atomic E-state index is 0.148. The van der Waals surface area contributed by atoms with Crippen molar-refractivity contribution in [1.82, 2.24) is 4.98 Å². The molecule has 1 N–H and O–H groups in total. The summed E-state index contributed by atoms with van der Waals surface area (Å²) in [6, 6.07) is 10.1. The number of methoxy groups -OCH3 is 4. The maximum atomic E-state index is 5.54. The molecule has 0 aliphatic rings. The summed E-state index contributed by atoms with van der Waals surface area (Å²) in [5, 5.41) is 1.08. The van der Waals surface area contributed by atoms with Crippen molar-refractivity contribution in [2.75, 3.05) is 28.4 Å². The van der Waals surface area contributed by atoms with Gasteiger partial charge in [0, 0.05) is 0 Å². The Balaban J connectivity index is 2.05. The fourth-order valence-corrected chi connectivity index (χ4v) is 4.48. The first-order valence-corrected chi connectivity index (χ1v) is 9.05. The van der Waals surface area contributed by atoms with Gasteiger partial charge in [0.1, 0.15) is 0 Å². The summed E-state index contributed by atoms with van der Waals surface area (Å²) in [6.45, 7) is 0. The molecule has 1 aromatic heterocycles. The Labute approximate surface area is 147 Å². The summed E-state index contributed by atoms with van der Waals surface area (Å²) in [5.74, 6) is 2.77. The molecule has 6 heteroatoms. The summed E-state index contributed by atoms with van der Waals surface area (Å²) in [4.78, 5) is 3.31. The zero-order valence-electron chi connectivity index (χ0n) is 14.0. The molecule has 0 saturated carbocycles. The van der Waals surface area contributed by atoms with Gasteiger partial charge in [-0.15, -0.1) is 0 Å². The molecule has 0 aliphatic carbocycles. The Morgan fingerprint density at radius 1 is 0.833 bits per heavy atom. The third kappa shape index (κ3) is 2.90. The van der Waals surface area contributed by atoms with Gasteiger partial charge in [0.25, 0.3) is 0 Å². The van der Waals surface area contributed by atoms with Crippen molar-refractivity contribution >= 4 is 34.8 Å². The van der Waals surface area contributed by atoms with Crippen LogP contribution in [0.5, 0.6) is 23.0 Å². The van der Waals surface area contributed by atoms with Gasteiger partial charge in [-0.3, -0.25) is 0 Å². The SMILES string of the molecule is COc1ccc([Se]c2c[nH]c3c(OC)c(OC)c(OC)cc23)cc1. The summed E-state index contributed by atoms with van der Waals surface area (Å²) in [6.07, 6.45) is 2.02. The van der Waals surface area contributed by atoms with Crippen LogP contribution in [-0.2, 0) is 0 Å². The number of hydrogen-bond donors (Lipinski definition) is 1. The van der Waals surface area contributed by atoms with Gasteiger partial charge in [-0.1, -0.05) is 0 Å². The first-order chi connectivity index (χ1) is 11.7. The molecule has 0 aliphatic heterocycles. The van der Waals surface area contributed by atoms with E-state index in [2.05, 4.69) is 17.1 Å². The predicted octanol–water partition coefficient (Wildman–Crippen LogP) is 1.86. The zero-order valence-corrected chi connectivity index (χ0v) is 15.7. The van der Waals surface area contributed by atoms with Crippen LogP contribution in [0.1, 0.15) is 0 Å². The van der Waals surface area contributed by atoms with Gasteiger partial charge in [-0.2, -0.15) is 0 Å². The first-order valence-electron chi connectivity index (χ1n) is 7.33. The molecule has 126 valence electrons. The van der Waals surface area contributed by atoms with Gasteiger partial charge in [0.15, 0.2) is 0 Å². The summed E-state index contributed by atoms with van der Waals surface area (Å²) in [5.41, 5.74) is 0.917. The molecule has 3 aromatic rings. The number of aromatic amines is 1. The summed E-state index contributed by atoms with van der Waals surface area (Å²) in [7, 11) is 6.54. The Kier molecular flexibility index (Phi) is 4.88. The molecule has 24 heavy (non-hydrogen) atoms. The molecule has 0 saturated heterocycles. The van der Waals surface area contributed by atoms with Crippen LogP contribution in [0.4, 0.5) is 0 Å². The molecular formula is C18H19NO4Se. The molecular weight excluding hydrogens is 373 g/mol. The van der Waals surface area contributed by atoms with Gasteiger partial charge in [0.2, 0.25) is 0 Å². The topological polar surface area (TPSA) is 52.7 Å². The van der Waals surface area contributed by atoms with Crippen molar-refractivity contribution in [1.29, 1.82) is 0 Å². The van der Waals surface area contributed by atoms with Crippen LogP contribution in [0.15, 0.2) is 36.5 Å². The molecule has 5 nitrogen and oxygen atoms in total. The standard InChI is InChI=1S/C18H19NO4Se/c1-20-11-5-7-12(8-6-11)24-15-10-19-16-13(15)9-14(21-2)17(22-3)18(16)23-4/h5-10,19H,1-4H3. The quantitative estimate of drug-likeness (QED) is 0.651. The second-order valence-corrected chi connectivity index (χ2v) is 7.34. The molecule has 0 unspecified atom stereocenters.